The van der Waals surface area contributed by atoms with Gasteiger partial charge in [0.25, 0.3) is 5.91 Å². The highest BCUT2D eigenvalue weighted by Gasteiger charge is 2.26. The van der Waals surface area contributed by atoms with Gasteiger partial charge in [0.1, 0.15) is 5.82 Å². The van der Waals surface area contributed by atoms with Gasteiger partial charge < -0.3 is 5.73 Å². The molecule has 0 unspecified atom stereocenters. The van der Waals surface area contributed by atoms with Crippen molar-refractivity contribution in [1.82, 2.24) is 9.97 Å². The van der Waals surface area contributed by atoms with E-state index in [0.29, 0.717) is 16.6 Å². The molecule has 2 aromatic heterocycles. The molecule has 1 aliphatic carbocycles. The van der Waals surface area contributed by atoms with Crippen molar-refractivity contribution in [2.45, 2.75) is 18.8 Å². The quantitative estimate of drug-likeness (QED) is 0.912. The molecule has 0 atom stereocenters. The maximum absolute atomic E-state index is 12.0. The first-order valence-electron chi connectivity index (χ1n) is 5.81. The molecule has 5 nitrogen and oxygen atoms in total. The molecule has 1 aliphatic rings. The van der Waals surface area contributed by atoms with E-state index in [4.69, 9.17) is 17.3 Å². The summed E-state index contributed by atoms with van der Waals surface area (Å²) in [5, 5.41) is 5.59. The molecule has 0 bridgehead atoms. The molecule has 0 spiro atoms. The van der Waals surface area contributed by atoms with Crippen LogP contribution in [-0.4, -0.2) is 15.9 Å². The maximum Gasteiger partial charge on any atom is 0.259 e. The Balaban J connectivity index is 1.74. The molecule has 3 N–H and O–H groups in total. The Labute approximate surface area is 118 Å². The molecular weight excluding hydrogens is 284 g/mol. The van der Waals surface area contributed by atoms with E-state index in [9.17, 15) is 4.79 Å². The number of aromatic nitrogens is 2. The van der Waals surface area contributed by atoms with Gasteiger partial charge in [0.2, 0.25) is 0 Å². The Morgan fingerprint density at radius 3 is 3.00 bits per heavy atom. The lowest BCUT2D eigenvalue weighted by molar-refractivity contribution is 0.102. The number of nitrogen functional groups attached to an aromatic ring is 1. The molecule has 1 fully saturated rings. The van der Waals surface area contributed by atoms with Gasteiger partial charge in [0.15, 0.2) is 5.13 Å². The number of anilines is 2. The van der Waals surface area contributed by atoms with Crippen LogP contribution in [0.3, 0.4) is 0 Å². The molecule has 0 saturated heterocycles. The first-order valence-corrected chi connectivity index (χ1v) is 7.07. The third kappa shape index (κ3) is 2.69. The van der Waals surface area contributed by atoms with Crippen molar-refractivity contribution in [3.05, 3.63) is 33.9 Å². The molecule has 2 aromatic rings. The van der Waals surface area contributed by atoms with Crippen LogP contribution in [0, 0.1) is 0 Å². The van der Waals surface area contributed by atoms with Gasteiger partial charge in [-0.3, -0.25) is 10.1 Å². The summed E-state index contributed by atoms with van der Waals surface area (Å²) in [6.45, 7) is 0. The summed E-state index contributed by atoms with van der Waals surface area (Å²) in [7, 11) is 0. The molecule has 98 valence electrons. The second-order valence-corrected chi connectivity index (χ2v) is 5.66. The molecule has 0 aromatic carbocycles. The normalized spacial score (nSPS) is 14.4. The molecule has 0 aliphatic heterocycles. The van der Waals surface area contributed by atoms with Crippen molar-refractivity contribution in [2.24, 2.45) is 0 Å². The van der Waals surface area contributed by atoms with Crippen LogP contribution in [0.15, 0.2) is 17.6 Å². The average molecular weight is 295 g/mol. The highest BCUT2D eigenvalue weighted by molar-refractivity contribution is 7.14. The fourth-order valence-electron chi connectivity index (χ4n) is 1.65. The average Bonchev–Trinajstić information content (AvgIpc) is 3.14. The van der Waals surface area contributed by atoms with Gasteiger partial charge in [0.05, 0.1) is 16.3 Å². The summed E-state index contributed by atoms with van der Waals surface area (Å²) >= 11 is 7.26. The number of carbonyl (C=O) groups excluding carboxylic acids is 1. The van der Waals surface area contributed by atoms with E-state index >= 15 is 0 Å². The number of rotatable bonds is 3. The SMILES string of the molecule is Nc1ncc(C(=O)Nc2nc(C3CC3)cs2)cc1Cl. The molecule has 0 radical (unpaired) electrons. The summed E-state index contributed by atoms with van der Waals surface area (Å²) in [5.41, 5.74) is 6.93. The van der Waals surface area contributed by atoms with Crippen LogP contribution >= 0.6 is 22.9 Å². The van der Waals surface area contributed by atoms with Crippen molar-refractivity contribution in [3.8, 4) is 0 Å². The Morgan fingerprint density at radius 2 is 2.32 bits per heavy atom. The minimum atomic E-state index is -0.286. The number of halogens is 1. The predicted molar refractivity (Wildman–Crippen MR) is 75.7 cm³/mol. The zero-order valence-electron chi connectivity index (χ0n) is 9.89. The summed E-state index contributed by atoms with van der Waals surface area (Å²) in [6, 6.07) is 1.49. The number of nitrogens with zero attached hydrogens (tertiary/aromatic N) is 2. The Hall–Kier alpha value is -1.66. The van der Waals surface area contributed by atoms with Crippen molar-refractivity contribution in [1.29, 1.82) is 0 Å². The van der Waals surface area contributed by atoms with Crippen molar-refractivity contribution < 1.29 is 4.79 Å². The minimum Gasteiger partial charge on any atom is -0.382 e. The first-order chi connectivity index (χ1) is 9.13. The fraction of sp³-hybridized carbons (Fsp3) is 0.250. The molecule has 7 heteroatoms. The van der Waals surface area contributed by atoms with Crippen molar-refractivity contribution in [2.75, 3.05) is 11.1 Å². The van der Waals surface area contributed by atoms with Gasteiger partial charge in [0, 0.05) is 17.5 Å². The zero-order chi connectivity index (χ0) is 13.4. The zero-order valence-corrected chi connectivity index (χ0v) is 11.5. The lowest BCUT2D eigenvalue weighted by atomic mass is 10.2. The van der Waals surface area contributed by atoms with Gasteiger partial charge in [-0.05, 0) is 18.9 Å². The number of nitrogens with one attached hydrogen (secondary N) is 1. The van der Waals surface area contributed by atoms with Crippen molar-refractivity contribution in [3.63, 3.8) is 0 Å². The largest absolute Gasteiger partial charge is 0.382 e. The fourth-order valence-corrected chi connectivity index (χ4v) is 2.61. The number of amides is 1. The summed E-state index contributed by atoms with van der Waals surface area (Å²) < 4.78 is 0. The molecule has 1 amide bonds. The summed E-state index contributed by atoms with van der Waals surface area (Å²) in [6.07, 6.45) is 3.77. The summed E-state index contributed by atoms with van der Waals surface area (Å²) in [4.78, 5) is 20.2. The lowest BCUT2D eigenvalue weighted by Gasteiger charge is -2.03. The standard InChI is InChI=1S/C12H11ClN4OS/c13-8-3-7(4-15-10(8)14)11(18)17-12-16-9(5-19-12)6-1-2-6/h3-6H,1-2H2,(H2,14,15)(H,16,17,18). The van der Waals surface area contributed by atoms with Gasteiger partial charge in [-0.1, -0.05) is 11.6 Å². The third-order valence-electron chi connectivity index (χ3n) is 2.87. The monoisotopic (exact) mass is 294 g/mol. The number of carbonyl (C=O) groups is 1. The first kappa shape index (κ1) is 12.4. The van der Waals surface area contributed by atoms with E-state index in [0.717, 1.165) is 5.69 Å². The smallest absolute Gasteiger partial charge is 0.259 e. The van der Waals surface area contributed by atoms with Crippen LogP contribution in [0.4, 0.5) is 10.9 Å². The topological polar surface area (TPSA) is 80.9 Å². The molecule has 1 saturated carbocycles. The van der Waals surface area contributed by atoms with Crippen LogP contribution in [0.5, 0.6) is 0 Å². The van der Waals surface area contributed by atoms with Gasteiger partial charge in [-0.15, -0.1) is 11.3 Å². The van der Waals surface area contributed by atoms with E-state index < -0.39 is 0 Å². The van der Waals surface area contributed by atoms with E-state index in [-0.39, 0.29) is 16.7 Å². The molecule has 3 rings (SSSR count). The Bertz CT molecular complexity index is 638. The molecular formula is C12H11ClN4OS. The predicted octanol–water partition coefficient (Wildman–Crippen LogP) is 2.90. The van der Waals surface area contributed by atoms with E-state index in [1.165, 1.54) is 36.4 Å². The highest BCUT2D eigenvalue weighted by Crippen LogP contribution is 2.40. The number of nitrogens with two attached hydrogens (primary N) is 1. The number of pyridine rings is 1. The number of thiazole rings is 1. The lowest BCUT2D eigenvalue weighted by Crippen LogP contribution is -2.12. The van der Waals surface area contributed by atoms with Crippen LogP contribution in [0.2, 0.25) is 5.02 Å². The van der Waals surface area contributed by atoms with Crippen molar-refractivity contribution >= 4 is 39.8 Å². The van der Waals surface area contributed by atoms with Crippen LogP contribution in [0.1, 0.15) is 34.8 Å². The van der Waals surface area contributed by atoms with Gasteiger partial charge in [-0.2, -0.15) is 0 Å². The van der Waals surface area contributed by atoms with Crippen LogP contribution in [-0.2, 0) is 0 Å². The molecule has 2 heterocycles. The van der Waals surface area contributed by atoms with Crippen LogP contribution in [0.25, 0.3) is 0 Å². The third-order valence-corrected chi connectivity index (χ3v) is 3.95. The van der Waals surface area contributed by atoms with E-state index in [1.54, 1.807) is 0 Å². The van der Waals surface area contributed by atoms with Gasteiger partial charge >= 0.3 is 0 Å². The van der Waals surface area contributed by atoms with Gasteiger partial charge in [-0.25, -0.2) is 9.97 Å². The maximum atomic E-state index is 12.0. The highest BCUT2D eigenvalue weighted by atomic mass is 35.5. The Morgan fingerprint density at radius 1 is 1.53 bits per heavy atom. The molecule has 19 heavy (non-hydrogen) atoms. The van der Waals surface area contributed by atoms with E-state index in [1.807, 2.05) is 5.38 Å². The second kappa shape index (κ2) is 4.79. The number of hydrogen-bond donors (Lipinski definition) is 2. The summed E-state index contributed by atoms with van der Waals surface area (Å²) in [5.74, 6) is 0.504. The number of hydrogen-bond acceptors (Lipinski definition) is 5. The Kier molecular flexibility index (Phi) is 3.12. The second-order valence-electron chi connectivity index (χ2n) is 4.40. The van der Waals surface area contributed by atoms with Crippen LogP contribution < -0.4 is 11.1 Å². The minimum absolute atomic E-state index is 0.212. The van der Waals surface area contributed by atoms with E-state index in [2.05, 4.69) is 15.3 Å².